The molecule has 1 aromatic rings. The Kier molecular flexibility index (Phi) is 3.49. The second-order valence-corrected chi connectivity index (χ2v) is 3.39. The Morgan fingerprint density at radius 1 is 1.45 bits per heavy atom. The number of hydrogen-bond acceptors (Lipinski definition) is 1. The first-order valence-electron chi connectivity index (χ1n) is 3.59. The van der Waals surface area contributed by atoms with E-state index in [1.807, 2.05) is 17.5 Å². The number of rotatable bonds is 4. The van der Waals surface area contributed by atoms with Gasteiger partial charge in [-0.05, 0) is 24.3 Å². The zero-order chi connectivity index (χ0) is 8.10. The summed E-state index contributed by atoms with van der Waals surface area (Å²) in [6.07, 6.45) is -0.729. The normalized spacial score (nSPS) is 10.8. The first kappa shape index (κ1) is 8.65. The number of halogens is 2. The molecule has 0 bridgehead atoms. The van der Waals surface area contributed by atoms with Crippen LogP contribution in [0.3, 0.4) is 0 Å². The third kappa shape index (κ3) is 3.46. The van der Waals surface area contributed by atoms with Crippen molar-refractivity contribution in [2.75, 3.05) is 0 Å². The van der Waals surface area contributed by atoms with E-state index in [4.69, 9.17) is 0 Å². The van der Waals surface area contributed by atoms with Crippen LogP contribution in [0.4, 0.5) is 8.78 Å². The smallest absolute Gasteiger partial charge is 0.211 e. The molecule has 0 nitrogen and oxygen atoms in total. The van der Waals surface area contributed by atoms with E-state index in [0.717, 1.165) is 6.42 Å². The minimum absolute atomic E-state index is 0.0257. The molecule has 1 aromatic heterocycles. The van der Waals surface area contributed by atoms with E-state index in [1.54, 1.807) is 11.3 Å². The lowest BCUT2D eigenvalue weighted by atomic mass is 10.2. The molecule has 0 unspecified atom stereocenters. The standard InChI is InChI=1S/C8H10F2S/c9-8(10)5-1-3-7-4-2-6-11-7/h2,4,6,8H,1,3,5H2. The lowest BCUT2D eigenvalue weighted by Gasteiger charge is -1.96. The van der Waals surface area contributed by atoms with Crippen LogP contribution in [-0.4, -0.2) is 6.43 Å². The average Bonchev–Trinajstić information content (AvgIpc) is 2.39. The molecule has 3 heteroatoms. The molecule has 0 amide bonds. The molecular weight excluding hydrogens is 166 g/mol. The highest BCUT2D eigenvalue weighted by Gasteiger charge is 2.01. The van der Waals surface area contributed by atoms with Gasteiger partial charge in [0.15, 0.2) is 0 Å². The Hall–Kier alpha value is -0.440. The van der Waals surface area contributed by atoms with E-state index in [0.29, 0.717) is 6.42 Å². The molecule has 1 heterocycles. The predicted molar refractivity (Wildman–Crippen MR) is 43.3 cm³/mol. The Morgan fingerprint density at radius 2 is 2.27 bits per heavy atom. The summed E-state index contributed by atoms with van der Waals surface area (Å²) in [5, 5.41) is 1.97. The third-order valence-electron chi connectivity index (χ3n) is 1.43. The van der Waals surface area contributed by atoms with Crippen LogP contribution in [0.5, 0.6) is 0 Å². The first-order chi connectivity index (χ1) is 5.29. The summed E-state index contributed by atoms with van der Waals surface area (Å²) < 4.78 is 23.3. The molecule has 0 fully saturated rings. The van der Waals surface area contributed by atoms with Gasteiger partial charge in [-0.15, -0.1) is 11.3 Å². The molecule has 0 aliphatic rings. The van der Waals surface area contributed by atoms with Crippen molar-refractivity contribution >= 4 is 11.3 Å². The molecule has 0 aromatic carbocycles. The Morgan fingerprint density at radius 3 is 2.82 bits per heavy atom. The molecule has 0 aliphatic carbocycles. The van der Waals surface area contributed by atoms with Crippen LogP contribution in [0.2, 0.25) is 0 Å². The highest BCUT2D eigenvalue weighted by atomic mass is 32.1. The Labute approximate surface area is 68.9 Å². The molecule has 0 atom stereocenters. The van der Waals surface area contributed by atoms with E-state index < -0.39 is 6.43 Å². The van der Waals surface area contributed by atoms with E-state index in [1.165, 1.54) is 4.88 Å². The molecule has 0 saturated heterocycles. The summed E-state index contributed by atoms with van der Waals surface area (Å²) in [6.45, 7) is 0. The van der Waals surface area contributed by atoms with Crippen molar-refractivity contribution < 1.29 is 8.78 Å². The second-order valence-electron chi connectivity index (χ2n) is 2.36. The summed E-state index contributed by atoms with van der Waals surface area (Å²) in [5.74, 6) is 0. The minimum Gasteiger partial charge on any atom is -0.211 e. The highest BCUT2D eigenvalue weighted by molar-refractivity contribution is 7.09. The number of hydrogen-bond donors (Lipinski definition) is 0. The maximum Gasteiger partial charge on any atom is 0.238 e. The van der Waals surface area contributed by atoms with E-state index in [2.05, 4.69) is 0 Å². The monoisotopic (exact) mass is 176 g/mol. The Balaban J connectivity index is 2.14. The summed E-state index contributed by atoms with van der Waals surface area (Å²) in [7, 11) is 0. The second kappa shape index (κ2) is 4.44. The maximum atomic E-state index is 11.7. The zero-order valence-electron chi connectivity index (χ0n) is 6.09. The van der Waals surface area contributed by atoms with Crippen LogP contribution in [0, 0.1) is 0 Å². The van der Waals surface area contributed by atoms with Crippen LogP contribution in [0.25, 0.3) is 0 Å². The average molecular weight is 176 g/mol. The molecule has 0 radical (unpaired) electrons. The van der Waals surface area contributed by atoms with Gasteiger partial charge in [-0.2, -0.15) is 0 Å². The number of thiophene rings is 1. The molecule has 11 heavy (non-hydrogen) atoms. The maximum absolute atomic E-state index is 11.7. The molecule has 1 rings (SSSR count). The molecule has 0 aliphatic heterocycles. The van der Waals surface area contributed by atoms with E-state index >= 15 is 0 Å². The third-order valence-corrected chi connectivity index (χ3v) is 2.36. The van der Waals surface area contributed by atoms with Gasteiger partial charge in [-0.25, -0.2) is 8.78 Å². The fourth-order valence-electron chi connectivity index (χ4n) is 0.885. The van der Waals surface area contributed by atoms with Crippen molar-refractivity contribution in [2.45, 2.75) is 25.7 Å². The Bertz CT molecular complexity index is 182. The van der Waals surface area contributed by atoms with Crippen molar-refractivity contribution in [3.05, 3.63) is 22.4 Å². The highest BCUT2D eigenvalue weighted by Crippen LogP contribution is 2.13. The first-order valence-corrected chi connectivity index (χ1v) is 4.47. The van der Waals surface area contributed by atoms with Gasteiger partial charge in [0.25, 0.3) is 0 Å². The topological polar surface area (TPSA) is 0 Å². The summed E-state index contributed by atoms with van der Waals surface area (Å²) in [6, 6.07) is 3.93. The molecule has 62 valence electrons. The summed E-state index contributed by atoms with van der Waals surface area (Å²) >= 11 is 1.63. The van der Waals surface area contributed by atoms with Crippen molar-refractivity contribution in [3.8, 4) is 0 Å². The van der Waals surface area contributed by atoms with Crippen LogP contribution in [-0.2, 0) is 6.42 Å². The van der Waals surface area contributed by atoms with Crippen molar-refractivity contribution in [3.63, 3.8) is 0 Å². The fourth-order valence-corrected chi connectivity index (χ4v) is 1.64. The van der Waals surface area contributed by atoms with Crippen molar-refractivity contribution in [2.24, 2.45) is 0 Å². The molecular formula is C8H10F2S. The molecule has 0 saturated carbocycles. The van der Waals surface area contributed by atoms with Gasteiger partial charge >= 0.3 is 0 Å². The van der Waals surface area contributed by atoms with Gasteiger partial charge < -0.3 is 0 Å². The van der Waals surface area contributed by atoms with Crippen LogP contribution >= 0.6 is 11.3 Å². The molecule has 0 N–H and O–H groups in total. The van der Waals surface area contributed by atoms with E-state index in [-0.39, 0.29) is 6.42 Å². The number of aryl methyl sites for hydroxylation is 1. The predicted octanol–water partition coefficient (Wildman–Crippen LogP) is 3.34. The fraction of sp³-hybridized carbons (Fsp3) is 0.500. The lowest BCUT2D eigenvalue weighted by molar-refractivity contribution is 0.135. The van der Waals surface area contributed by atoms with Gasteiger partial charge in [-0.1, -0.05) is 6.07 Å². The lowest BCUT2D eigenvalue weighted by Crippen LogP contribution is -1.90. The SMILES string of the molecule is FC(F)CCCc1cccs1. The van der Waals surface area contributed by atoms with Gasteiger partial charge in [0, 0.05) is 11.3 Å². The van der Waals surface area contributed by atoms with Crippen LogP contribution in [0.15, 0.2) is 17.5 Å². The van der Waals surface area contributed by atoms with Crippen LogP contribution in [0.1, 0.15) is 17.7 Å². The van der Waals surface area contributed by atoms with Gasteiger partial charge in [0.2, 0.25) is 6.43 Å². The minimum atomic E-state index is -2.14. The van der Waals surface area contributed by atoms with Gasteiger partial charge in [0.1, 0.15) is 0 Å². The largest absolute Gasteiger partial charge is 0.238 e. The quantitative estimate of drug-likeness (QED) is 0.660. The van der Waals surface area contributed by atoms with Crippen molar-refractivity contribution in [1.29, 1.82) is 0 Å². The molecule has 0 spiro atoms. The zero-order valence-corrected chi connectivity index (χ0v) is 6.91. The number of alkyl halides is 2. The van der Waals surface area contributed by atoms with E-state index in [9.17, 15) is 8.78 Å². The summed E-state index contributed by atoms with van der Waals surface area (Å²) in [5.41, 5.74) is 0. The van der Waals surface area contributed by atoms with Crippen molar-refractivity contribution in [1.82, 2.24) is 0 Å². The van der Waals surface area contributed by atoms with Crippen LogP contribution < -0.4 is 0 Å². The van der Waals surface area contributed by atoms with Gasteiger partial charge in [0.05, 0.1) is 0 Å². The van der Waals surface area contributed by atoms with Gasteiger partial charge in [-0.3, -0.25) is 0 Å². The summed E-state index contributed by atoms with van der Waals surface area (Å²) in [4.78, 5) is 1.20.